The lowest BCUT2D eigenvalue weighted by Gasteiger charge is -2.18. The van der Waals surface area contributed by atoms with Crippen LogP contribution in [0.3, 0.4) is 0 Å². The maximum absolute atomic E-state index is 11.6. The summed E-state index contributed by atoms with van der Waals surface area (Å²) in [6.07, 6.45) is 0.739. The summed E-state index contributed by atoms with van der Waals surface area (Å²) in [5, 5.41) is 11.6. The largest absolute Gasteiger partial charge is 0.480 e. The molecule has 0 spiro atoms. The van der Waals surface area contributed by atoms with Gasteiger partial charge in [0.25, 0.3) is 0 Å². The maximum Gasteiger partial charge on any atom is 0.322 e. The normalized spacial score (nSPS) is 15.5. The molecule has 0 aliphatic rings. The number of amides is 2. The molecule has 22 heavy (non-hydrogen) atoms. The van der Waals surface area contributed by atoms with Gasteiger partial charge in [-0.3, -0.25) is 14.4 Å². The molecule has 0 rings (SSSR count). The summed E-state index contributed by atoms with van der Waals surface area (Å²) in [6.45, 7) is 3.45. The standard InChI is InChI=1S/C12H23N3O6S/c1-4-7(2)10(13)11(17)15-6-14-9(16)5-8(12(18)19)22(3,20)21/h7-8,10H,4-6,13H2,1-3H3,(H,14,16)(H,15,17)(H,18,19)/t7-,8?,10+/m0/s1. The van der Waals surface area contributed by atoms with Crippen molar-refractivity contribution in [1.29, 1.82) is 0 Å². The lowest BCUT2D eigenvalue weighted by Crippen LogP contribution is -2.48. The predicted octanol–water partition coefficient (Wildman–Crippen LogP) is -1.56. The first-order valence-corrected chi connectivity index (χ1v) is 8.67. The van der Waals surface area contributed by atoms with Gasteiger partial charge < -0.3 is 21.5 Å². The van der Waals surface area contributed by atoms with Gasteiger partial charge >= 0.3 is 5.97 Å². The molecule has 5 N–H and O–H groups in total. The highest BCUT2D eigenvalue weighted by molar-refractivity contribution is 7.92. The molecule has 0 aliphatic heterocycles. The van der Waals surface area contributed by atoms with E-state index in [0.29, 0.717) is 0 Å². The van der Waals surface area contributed by atoms with E-state index in [-0.39, 0.29) is 12.6 Å². The van der Waals surface area contributed by atoms with E-state index in [4.69, 9.17) is 10.8 Å². The number of carbonyl (C=O) groups excluding carboxylic acids is 2. The number of aliphatic carboxylic acids is 1. The smallest absolute Gasteiger partial charge is 0.322 e. The number of hydrogen-bond donors (Lipinski definition) is 4. The number of sulfone groups is 1. The molecule has 0 aromatic heterocycles. The van der Waals surface area contributed by atoms with Gasteiger partial charge in [0.2, 0.25) is 11.8 Å². The second kappa shape index (κ2) is 8.69. The Morgan fingerprint density at radius 1 is 1.23 bits per heavy atom. The minimum Gasteiger partial charge on any atom is -0.480 e. The fourth-order valence-electron chi connectivity index (χ4n) is 1.52. The van der Waals surface area contributed by atoms with Crippen LogP contribution in [-0.2, 0) is 24.2 Å². The van der Waals surface area contributed by atoms with E-state index in [0.717, 1.165) is 12.7 Å². The van der Waals surface area contributed by atoms with Crippen molar-refractivity contribution < 1.29 is 27.9 Å². The Labute approximate surface area is 129 Å². The molecular formula is C12H23N3O6S. The minimum atomic E-state index is -3.90. The van der Waals surface area contributed by atoms with Crippen molar-refractivity contribution in [3.63, 3.8) is 0 Å². The van der Waals surface area contributed by atoms with Crippen LogP contribution in [0.1, 0.15) is 26.7 Å². The highest BCUT2D eigenvalue weighted by Gasteiger charge is 2.31. The number of hydrogen-bond acceptors (Lipinski definition) is 6. The number of nitrogens with one attached hydrogen (secondary N) is 2. The lowest BCUT2D eigenvalue weighted by atomic mass is 10.00. The van der Waals surface area contributed by atoms with Crippen LogP contribution in [0.2, 0.25) is 0 Å². The van der Waals surface area contributed by atoms with Crippen LogP contribution < -0.4 is 16.4 Å². The zero-order valence-corrected chi connectivity index (χ0v) is 13.6. The number of rotatable bonds is 9. The van der Waals surface area contributed by atoms with Crippen LogP contribution in [0.15, 0.2) is 0 Å². The van der Waals surface area contributed by atoms with E-state index in [1.165, 1.54) is 0 Å². The van der Waals surface area contributed by atoms with Gasteiger partial charge in [-0.25, -0.2) is 8.42 Å². The lowest BCUT2D eigenvalue weighted by molar-refractivity contribution is -0.138. The zero-order valence-electron chi connectivity index (χ0n) is 12.8. The molecule has 0 aliphatic carbocycles. The Morgan fingerprint density at radius 3 is 2.18 bits per heavy atom. The fourth-order valence-corrected chi connectivity index (χ4v) is 2.34. The van der Waals surface area contributed by atoms with Gasteiger partial charge in [-0.15, -0.1) is 0 Å². The van der Waals surface area contributed by atoms with Crippen molar-refractivity contribution in [2.24, 2.45) is 11.7 Å². The predicted molar refractivity (Wildman–Crippen MR) is 79.5 cm³/mol. The Kier molecular flexibility index (Phi) is 8.02. The van der Waals surface area contributed by atoms with Crippen LogP contribution in [0, 0.1) is 5.92 Å². The average molecular weight is 337 g/mol. The molecule has 9 nitrogen and oxygen atoms in total. The van der Waals surface area contributed by atoms with Gasteiger partial charge in [0.1, 0.15) is 0 Å². The summed E-state index contributed by atoms with van der Waals surface area (Å²) >= 11 is 0. The molecule has 1 unspecified atom stereocenters. The molecule has 0 aromatic carbocycles. The Bertz CT molecular complexity index is 519. The minimum absolute atomic E-state index is 0.0303. The highest BCUT2D eigenvalue weighted by atomic mass is 32.2. The van der Waals surface area contributed by atoms with Gasteiger partial charge in [-0.05, 0) is 5.92 Å². The second-order valence-corrected chi connectivity index (χ2v) is 7.32. The third kappa shape index (κ3) is 6.85. The van der Waals surface area contributed by atoms with Crippen molar-refractivity contribution in [3.8, 4) is 0 Å². The van der Waals surface area contributed by atoms with E-state index in [2.05, 4.69) is 10.6 Å². The average Bonchev–Trinajstić information content (AvgIpc) is 2.41. The van der Waals surface area contributed by atoms with Crippen LogP contribution in [0.25, 0.3) is 0 Å². The van der Waals surface area contributed by atoms with Crippen molar-refractivity contribution >= 4 is 27.6 Å². The van der Waals surface area contributed by atoms with Crippen molar-refractivity contribution in [2.45, 2.75) is 38.0 Å². The van der Waals surface area contributed by atoms with Crippen molar-refractivity contribution in [1.82, 2.24) is 10.6 Å². The molecule has 0 saturated heterocycles. The molecule has 0 radical (unpaired) electrons. The molecule has 0 heterocycles. The summed E-state index contributed by atoms with van der Waals surface area (Å²) in [4.78, 5) is 34.0. The van der Waals surface area contributed by atoms with Gasteiger partial charge in [-0.2, -0.15) is 0 Å². The molecular weight excluding hydrogens is 314 g/mol. The van der Waals surface area contributed by atoms with Crippen LogP contribution >= 0.6 is 0 Å². The van der Waals surface area contributed by atoms with E-state index in [9.17, 15) is 22.8 Å². The quantitative estimate of drug-likeness (QED) is 0.371. The topological polar surface area (TPSA) is 156 Å². The zero-order chi connectivity index (χ0) is 17.5. The number of nitrogens with two attached hydrogens (primary N) is 1. The van der Waals surface area contributed by atoms with E-state index in [1.807, 2.05) is 13.8 Å². The first-order chi connectivity index (χ1) is 10.0. The van der Waals surface area contributed by atoms with Crippen LogP contribution in [0.4, 0.5) is 0 Å². The Hall–Kier alpha value is -1.68. The molecule has 2 amide bonds. The number of carbonyl (C=O) groups is 3. The SMILES string of the molecule is CC[C@H](C)[C@@H](N)C(=O)NCNC(=O)CC(C(=O)O)S(C)(=O)=O. The Morgan fingerprint density at radius 2 is 1.77 bits per heavy atom. The Balaban J connectivity index is 4.36. The van der Waals surface area contributed by atoms with Crippen molar-refractivity contribution in [3.05, 3.63) is 0 Å². The second-order valence-electron chi connectivity index (χ2n) is 5.09. The number of carboxylic acids is 1. The van der Waals surface area contributed by atoms with Crippen molar-refractivity contribution in [2.75, 3.05) is 12.9 Å². The molecule has 0 aromatic rings. The first kappa shape index (κ1) is 20.3. The van der Waals surface area contributed by atoms with Crippen LogP contribution in [0.5, 0.6) is 0 Å². The first-order valence-electron chi connectivity index (χ1n) is 6.72. The summed E-state index contributed by atoms with van der Waals surface area (Å²) in [5.74, 6) is -2.87. The molecule has 128 valence electrons. The molecule has 0 bridgehead atoms. The third-order valence-corrected chi connectivity index (χ3v) is 4.67. The van der Waals surface area contributed by atoms with Crippen LogP contribution in [-0.4, -0.2) is 55.5 Å². The summed E-state index contributed by atoms with van der Waals surface area (Å²) < 4.78 is 22.5. The molecule has 10 heteroatoms. The summed E-state index contributed by atoms with van der Waals surface area (Å²) in [6, 6.07) is -0.718. The van der Waals surface area contributed by atoms with Gasteiger partial charge in [0.15, 0.2) is 15.1 Å². The summed E-state index contributed by atoms with van der Waals surface area (Å²) in [7, 11) is -3.90. The van der Waals surface area contributed by atoms with Gasteiger partial charge in [0, 0.05) is 6.26 Å². The monoisotopic (exact) mass is 337 g/mol. The van der Waals surface area contributed by atoms with E-state index in [1.54, 1.807) is 0 Å². The van der Waals surface area contributed by atoms with Gasteiger partial charge in [0.05, 0.1) is 19.1 Å². The van der Waals surface area contributed by atoms with Gasteiger partial charge in [-0.1, -0.05) is 20.3 Å². The third-order valence-electron chi connectivity index (χ3n) is 3.27. The molecule has 3 atom stereocenters. The number of carboxylic acid groups (broad SMARTS) is 1. The fraction of sp³-hybridized carbons (Fsp3) is 0.750. The molecule has 0 saturated carbocycles. The van der Waals surface area contributed by atoms with E-state index >= 15 is 0 Å². The molecule has 0 fully saturated rings. The summed E-state index contributed by atoms with van der Waals surface area (Å²) in [5.41, 5.74) is 5.68. The highest BCUT2D eigenvalue weighted by Crippen LogP contribution is 2.05. The van der Waals surface area contributed by atoms with E-state index < -0.39 is 45.3 Å². The maximum atomic E-state index is 11.6.